The molecule has 2 aliphatic heterocycles. The van der Waals surface area contributed by atoms with Gasteiger partial charge in [0.1, 0.15) is 11.1 Å². The third-order valence-electron chi connectivity index (χ3n) is 5.47. The van der Waals surface area contributed by atoms with Crippen molar-refractivity contribution in [3.63, 3.8) is 0 Å². The molecule has 2 N–H and O–H groups in total. The smallest absolute Gasteiger partial charge is 0.349 e. The number of hydrogen-bond donors (Lipinski definition) is 1. The predicted molar refractivity (Wildman–Crippen MR) is 95.7 cm³/mol. The van der Waals surface area contributed by atoms with Gasteiger partial charge in [0.05, 0.1) is 0 Å². The molecule has 2 saturated heterocycles. The first kappa shape index (κ1) is 16.8. The summed E-state index contributed by atoms with van der Waals surface area (Å²) in [5, 5.41) is 0.737. The monoisotopic (exact) mass is 355 g/mol. The van der Waals surface area contributed by atoms with E-state index in [1.54, 1.807) is 23.1 Å². The van der Waals surface area contributed by atoms with E-state index >= 15 is 0 Å². The van der Waals surface area contributed by atoms with Gasteiger partial charge in [0.25, 0.3) is 5.91 Å². The van der Waals surface area contributed by atoms with Gasteiger partial charge >= 0.3 is 5.63 Å². The van der Waals surface area contributed by atoms with Gasteiger partial charge in [-0.2, -0.15) is 0 Å². The van der Waals surface area contributed by atoms with Crippen molar-refractivity contribution in [1.82, 2.24) is 9.80 Å². The van der Waals surface area contributed by atoms with Crippen LogP contribution < -0.4 is 11.4 Å². The Morgan fingerprint density at radius 3 is 2.50 bits per heavy atom. The number of primary amides is 1. The van der Waals surface area contributed by atoms with Crippen molar-refractivity contribution in [2.75, 3.05) is 26.2 Å². The molecule has 7 nitrogen and oxygen atoms in total. The van der Waals surface area contributed by atoms with Crippen LogP contribution >= 0.6 is 0 Å². The van der Waals surface area contributed by atoms with Crippen LogP contribution in [0.1, 0.15) is 23.2 Å². The zero-order chi connectivity index (χ0) is 18.3. The fraction of sp³-hybridized carbons (Fsp3) is 0.421. The summed E-state index contributed by atoms with van der Waals surface area (Å²) < 4.78 is 5.25. The third-order valence-corrected chi connectivity index (χ3v) is 5.47. The van der Waals surface area contributed by atoms with E-state index in [0.717, 1.165) is 31.3 Å². The maximum absolute atomic E-state index is 12.6. The minimum atomic E-state index is -0.598. The highest BCUT2D eigenvalue weighted by molar-refractivity contribution is 5.97. The number of nitrogens with two attached hydrogens (primary N) is 1. The number of fused-ring (bicyclic) bond motifs is 1. The topological polar surface area (TPSA) is 96.9 Å². The van der Waals surface area contributed by atoms with Crippen LogP contribution in [-0.4, -0.2) is 53.8 Å². The first-order valence-electron chi connectivity index (χ1n) is 8.88. The van der Waals surface area contributed by atoms with Gasteiger partial charge in [-0.3, -0.25) is 14.5 Å². The molecule has 0 spiro atoms. The summed E-state index contributed by atoms with van der Waals surface area (Å²) in [5.41, 5.74) is 5.33. The van der Waals surface area contributed by atoms with E-state index in [9.17, 15) is 14.4 Å². The minimum Gasteiger partial charge on any atom is -0.422 e. The summed E-state index contributed by atoms with van der Waals surface area (Å²) in [7, 11) is 0. The van der Waals surface area contributed by atoms with E-state index in [4.69, 9.17) is 10.2 Å². The van der Waals surface area contributed by atoms with Crippen molar-refractivity contribution in [3.8, 4) is 0 Å². The van der Waals surface area contributed by atoms with E-state index in [0.29, 0.717) is 18.7 Å². The average molecular weight is 355 g/mol. The van der Waals surface area contributed by atoms with Crippen molar-refractivity contribution in [2.45, 2.75) is 18.9 Å². The van der Waals surface area contributed by atoms with Crippen LogP contribution in [0, 0.1) is 5.92 Å². The number of likely N-dealkylation sites (tertiary alicyclic amines) is 2. The van der Waals surface area contributed by atoms with Crippen LogP contribution in [-0.2, 0) is 4.79 Å². The second-order valence-corrected chi connectivity index (χ2v) is 7.06. The lowest BCUT2D eigenvalue weighted by Gasteiger charge is -2.47. The van der Waals surface area contributed by atoms with Crippen LogP contribution in [0.25, 0.3) is 11.0 Å². The quantitative estimate of drug-likeness (QED) is 0.822. The third kappa shape index (κ3) is 2.99. The van der Waals surface area contributed by atoms with Crippen molar-refractivity contribution in [2.24, 2.45) is 11.7 Å². The molecule has 0 radical (unpaired) electrons. The number of rotatable bonds is 3. The van der Waals surface area contributed by atoms with Crippen molar-refractivity contribution in [3.05, 3.63) is 46.3 Å². The predicted octanol–water partition coefficient (Wildman–Crippen LogP) is 0.815. The molecule has 3 heterocycles. The normalized spacial score (nSPS) is 19.5. The van der Waals surface area contributed by atoms with Gasteiger partial charge in [0.15, 0.2) is 0 Å². The molecule has 0 saturated carbocycles. The summed E-state index contributed by atoms with van der Waals surface area (Å²) in [6.45, 7) is 2.81. The van der Waals surface area contributed by atoms with Gasteiger partial charge < -0.3 is 15.1 Å². The number of piperidine rings is 1. The summed E-state index contributed by atoms with van der Waals surface area (Å²) in [4.78, 5) is 40.0. The lowest BCUT2D eigenvalue weighted by molar-refractivity contribution is -0.123. The zero-order valence-corrected chi connectivity index (χ0v) is 14.4. The Labute approximate surface area is 150 Å². The van der Waals surface area contributed by atoms with Crippen LogP contribution in [0.2, 0.25) is 0 Å². The number of carbonyl (C=O) groups excluding carboxylic acids is 2. The van der Waals surface area contributed by atoms with Crippen LogP contribution in [0.3, 0.4) is 0 Å². The Morgan fingerprint density at radius 2 is 1.81 bits per heavy atom. The minimum absolute atomic E-state index is 0.0358. The van der Waals surface area contributed by atoms with Crippen LogP contribution in [0.5, 0.6) is 0 Å². The Morgan fingerprint density at radius 1 is 1.12 bits per heavy atom. The molecule has 26 heavy (non-hydrogen) atoms. The fourth-order valence-electron chi connectivity index (χ4n) is 3.78. The molecule has 2 aromatic rings. The molecule has 1 aromatic heterocycles. The number of para-hydroxylation sites is 1. The molecular weight excluding hydrogens is 334 g/mol. The molecule has 0 aliphatic carbocycles. The van der Waals surface area contributed by atoms with E-state index in [-0.39, 0.29) is 29.3 Å². The standard InChI is InChI=1S/C19H21N3O4/c20-17(23)12-5-7-21(8-6-12)14-10-22(11-14)18(24)15-9-13-3-1-2-4-16(13)26-19(15)25/h1-4,9,12,14H,5-8,10-11H2,(H2,20,23). The van der Waals surface area contributed by atoms with Gasteiger partial charge in [-0.15, -0.1) is 0 Å². The number of carbonyl (C=O) groups is 2. The van der Waals surface area contributed by atoms with Gasteiger partial charge in [-0.1, -0.05) is 18.2 Å². The molecule has 0 unspecified atom stereocenters. The van der Waals surface area contributed by atoms with E-state index in [1.807, 2.05) is 12.1 Å². The van der Waals surface area contributed by atoms with Crippen molar-refractivity contribution >= 4 is 22.8 Å². The molecule has 136 valence electrons. The molecule has 2 amide bonds. The highest BCUT2D eigenvalue weighted by Crippen LogP contribution is 2.24. The maximum atomic E-state index is 12.6. The number of benzene rings is 1. The van der Waals surface area contributed by atoms with Gasteiger partial charge in [-0.05, 0) is 38.1 Å². The largest absolute Gasteiger partial charge is 0.422 e. The Hall–Kier alpha value is -2.67. The van der Waals surface area contributed by atoms with Crippen LogP contribution in [0.15, 0.2) is 39.5 Å². The molecule has 0 atom stereocenters. The number of nitrogens with zero attached hydrogens (tertiary/aromatic N) is 2. The van der Waals surface area contributed by atoms with E-state index in [1.165, 1.54) is 0 Å². The van der Waals surface area contributed by atoms with Gasteiger partial charge in [0.2, 0.25) is 5.91 Å². The lowest BCUT2D eigenvalue weighted by atomic mass is 9.93. The fourth-order valence-corrected chi connectivity index (χ4v) is 3.78. The molecule has 2 fully saturated rings. The lowest BCUT2D eigenvalue weighted by Crippen LogP contribution is -2.62. The highest BCUT2D eigenvalue weighted by Gasteiger charge is 2.38. The van der Waals surface area contributed by atoms with Crippen molar-refractivity contribution in [1.29, 1.82) is 0 Å². The second-order valence-electron chi connectivity index (χ2n) is 7.06. The molecule has 4 rings (SSSR count). The SMILES string of the molecule is NC(=O)C1CCN(C2CN(C(=O)c3cc4ccccc4oc3=O)C2)CC1. The molecular formula is C19H21N3O4. The van der Waals surface area contributed by atoms with E-state index < -0.39 is 5.63 Å². The first-order chi connectivity index (χ1) is 12.5. The summed E-state index contributed by atoms with van der Waals surface area (Å²) in [6, 6.07) is 9.03. The molecule has 7 heteroatoms. The summed E-state index contributed by atoms with van der Waals surface area (Å²) in [6.07, 6.45) is 1.54. The van der Waals surface area contributed by atoms with Crippen molar-refractivity contribution < 1.29 is 14.0 Å². The van der Waals surface area contributed by atoms with Gasteiger partial charge in [-0.25, -0.2) is 4.79 Å². The average Bonchev–Trinajstić information content (AvgIpc) is 2.60. The number of hydrogen-bond acceptors (Lipinski definition) is 5. The Bertz CT molecular complexity index is 908. The van der Waals surface area contributed by atoms with Gasteiger partial charge in [0, 0.05) is 30.4 Å². The molecule has 1 aromatic carbocycles. The summed E-state index contributed by atoms with van der Waals surface area (Å²) >= 11 is 0. The Balaban J connectivity index is 1.40. The zero-order valence-electron chi connectivity index (χ0n) is 14.4. The first-order valence-corrected chi connectivity index (χ1v) is 8.88. The Kier molecular flexibility index (Phi) is 4.24. The molecule has 2 aliphatic rings. The second kappa shape index (κ2) is 6.57. The summed E-state index contributed by atoms with van der Waals surface area (Å²) in [5.74, 6) is -0.544. The number of amides is 2. The maximum Gasteiger partial charge on any atom is 0.349 e. The molecule has 0 bridgehead atoms. The van der Waals surface area contributed by atoms with E-state index in [2.05, 4.69) is 4.90 Å². The highest BCUT2D eigenvalue weighted by atomic mass is 16.4. The van der Waals surface area contributed by atoms with Crippen LogP contribution in [0.4, 0.5) is 0 Å².